The van der Waals surface area contributed by atoms with E-state index in [2.05, 4.69) is 376 Å². The first-order valence-corrected chi connectivity index (χ1v) is 40.4. The average molecular weight is 1550 g/mol. The van der Waals surface area contributed by atoms with E-state index in [4.69, 9.17) is 38.7 Å². The van der Waals surface area contributed by atoms with E-state index in [-0.39, 0.29) is 7.43 Å². The standard InChI is InChI=1S/C59H37N3O.C53H33N3O.CH4/c1-4-14-38(15-5-1)43-20-12-22-46(34-43)53-37-52(61-59(62-53)47-23-13-21-44(35-47)39-16-6-2-7-17-39)41-28-26-40(27-29-41)45-30-32-54-50(36-45)57-55(63-54)33-31-49-56(57)48-24-10-11-25-51(48)60-58(49)42-18-8-3-9-19-42;1-4-13-34(14-5-1)39-19-12-20-41(31-39)47-33-46(55-53(56-47)38-17-8-3-9-18-38)36-25-23-35(24-26-36)40-27-29-48-44(32-40)51-49(57-48)30-28-43-50(51)42-21-10-11-22-45(42)54-52(43)37-15-6-2-7-16-37;/h1-37H;1-33H;1H4. The summed E-state index contributed by atoms with van der Waals surface area (Å²) >= 11 is 0. The Kier molecular flexibility index (Phi) is 18.7. The Bertz CT molecular complexity index is 7750. The molecule has 0 aliphatic carbocycles. The molecule has 6 heterocycles. The molecule has 0 saturated carbocycles. The van der Waals surface area contributed by atoms with E-state index in [1.54, 1.807) is 0 Å². The molecular formula is C113H74N6O2. The fourth-order valence-electron chi connectivity index (χ4n) is 17.1. The van der Waals surface area contributed by atoms with Crippen LogP contribution >= 0.6 is 0 Å². The van der Waals surface area contributed by atoms with E-state index < -0.39 is 0 Å². The Morgan fingerprint density at radius 2 is 0.421 bits per heavy atom. The van der Waals surface area contributed by atoms with Gasteiger partial charge in [0, 0.05) is 98.4 Å². The zero-order valence-electron chi connectivity index (χ0n) is 64.9. The van der Waals surface area contributed by atoms with Crippen molar-refractivity contribution in [1.29, 1.82) is 0 Å². The van der Waals surface area contributed by atoms with E-state index in [9.17, 15) is 0 Å². The van der Waals surface area contributed by atoms with Gasteiger partial charge in [0.1, 0.15) is 22.3 Å². The second-order valence-electron chi connectivity index (χ2n) is 30.3. The molecule has 0 bridgehead atoms. The lowest BCUT2D eigenvalue weighted by Gasteiger charge is -2.12. The predicted octanol–water partition coefficient (Wildman–Crippen LogP) is 30.5. The number of furan rings is 2. The molecule has 23 aromatic rings. The quantitative estimate of drug-likeness (QED) is 0.105. The molecule has 0 saturated heterocycles. The van der Waals surface area contributed by atoms with E-state index in [0.717, 1.165) is 216 Å². The molecule has 17 aromatic carbocycles. The van der Waals surface area contributed by atoms with Crippen molar-refractivity contribution in [3.8, 4) is 146 Å². The van der Waals surface area contributed by atoms with Gasteiger partial charge in [0.05, 0.1) is 45.2 Å². The zero-order valence-corrected chi connectivity index (χ0v) is 64.9. The van der Waals surface area contributed by atoms with Gasteiger partial charge in [-0.1, -0.05) is 341 Å². The number of rotatable bonds is 13. The van der Waals surface area contributed by atoms with Crippen molar-refractivity contribution in [2.75, 3.05) is 0 Å². The Morgan fingerprint density at radius 1 is 0.149 bits per heavy atom. The van der Waals surface area contributed by atoms with Gasteiger partial charge in [0.15, 0.2) is 11.6 Å². The second kappa shape index (κ2) is 31.1. The number of fused-ring (bicyclic) bond motifs is 14. The highest BCUT2D eigenvalue weighted by Gasteiger charge is 2.23. The van der Waals surface area contributed by atoms with Crippen molar-refractivity contribution in [2.24, 2.45) is 0 Å². The molecule has 0 N–H and O–H groups in total. The summed E-state index contributed by atoms with van der Waals surface area (Å²) in [7, 11) is 0. The molecule has 0 radical (unpaired) electrons. The van der Waals surface area contributed by atoms with Gasteiger partial charge in [0.25, 0.3) is 0 Å². The van der Waals surface area contributed by atoms with Gasteiger partial charge >= 0.3 is 0 Å². The number of nitrogens with zero attached hydrogens (tertiary/aromatic N) is 6. The minimum Gasteiger partial charge on any atom is -0.456 e. The first kappa shape index (κ1) is 72.5. The number of hydrogen-bond donors (Lipinski definition) is 0. The fourth-order valence-corrected chi connectivity index (χ4v) is 17.1. The average Bonchev–Trinajstić information content (AvgIpc) is 1.62. The summed E-state index contributed by atoms with van der Waals surface area (Å²) in [6.07, 6.45) is 0. The van der Waals surface area contributed by atoms with E-state index in [1.807, 2.05) is 48.5 Å². The summed E-state index contributed by atoms with van der Waals surface area (Å²) in [4.78, 5) is 31.0. The maximum Gasteiger partial charge on any atom is 0.160 e. The molecule has 0 aliphatic rings. The lowest BCUT2D eigenvalue weighted by atomic mass is 9.95. The molecule has 0 fully saturated rings. The van der Waals surface area contributed by atoms with Crippen LogP contribution in [0.2, 0.25) is 0 Å². The predicted molar refractivity (Wildman–Crippen MR) is 502 cm³/mol. The summed E-state index contributed by atoms with van der Waals surface area (Å²) in [5.41, 5.74) is 30.3. The summed E-state index contributed by atoms with van der Waals surface area (Å²) < 4.78 is 13.1. The number of benzene rings is 17. The first-order chi connectivity index (χ1) is 59.4. The lowest BCUT2D eigenvalue weighted by Crippen LogP contribution is -1.96. The van der Waals surface area contributed by atoms with Crippen LogP contribution in [0.15, 0.2) is 433 Å². The monoisotopic (exact) mass is 1550 g/mol. The van der Waals surface area contributed by atoms with E-state index in [1.165, 1.54) is 5.56 Å². The SMILES string of the molecule is C.c1ccc(-c2cccc(-c3cc(-c4ccc(-c5ccc6oc7ccc8c(-c9ccccc9)nc9ccccc9c8c7c6c5)cc4)nc(-c4cccc(-c5ccccc5)c4)n3)c2)cc1.c1ccc(-c2cccc(-c3cc(-c4ccc(-c5ccc6oc7ccc8c(-c9ccccc9)nc9ccccc9c8c7c6c5)cc4)nc(-c4ccccc4)n3)c2)cc1. The molecule has 0 amide bonds. The number of hydrogen-bond acceptors (Lipinski definition) is 8. The summed E-state index contributed by atoms with van der Waals surface area (Å²) in [5, 5.41) is 11.1. The molecule has 0 spiro atoms. The molecule has 0 atom stereocenters. The molecule has 8 heteroatoms. The number of para-hydroxylation sites is 2. The van der Waals surface area contributed by atoms with Crippen molar-refractivity contribution in [3.05, 3.63) is 425 Å². The molecule has 23 rings (SSSR count). The third-order valence-corrected chi connectivity index (χ3v) is 23.0. The topological polar surface area (TPSA) is 104 Å². The molecular weight excluding hydrogens is 1470 g/mol. The minimum atomic E-state index is 0. The van der Waals surface area contributed by atoms with Crippen LogP contribution in [-0.2, 0) is 0 Å². The van der Waals surface area contributed by atoms with Gasteiger partial charge in [-0.15, -0.1) is 0 Å². The van der Waals surface area contributed by atoms with Gasteiger partial charge in [-0.25, -0.2) is 29.9 Å². The first-order valence-electron chi connectivity index (χ1n) is 40.4. The molecule has 8 nitrogen and oxygen atoms in total. The van der Waals surface area contributed by atoms with Crippen molar-refractivity contribution in [1.82, 2.24) is 29.9 Å². The highest BCUT2D eigenvalue weighted by molar-refractivity contribution is 6.30. The van der Waals surface area contributed by atoms with Crippen LogP contribution in [0.25, 0.3) is 233 Å². The van der Waals surface area contributed by atoms with Crippen LogP contribution in [0.4, 0.5) is 0 Å². The highest BCUT2D eigenvalue weighted by Crippen LogP contribution is 2.46. The number of pyridine rings is 2. The largest absolute Gasteiger partial charge is 0.456 e. The maximum atomic E-state index is 6.55. The Morgan fingerprint density at radius 3 is 0.818 bits per heavy atom. The normalized spacial score (nSPS) is 11.4. The summed E-state index contributed by atoms with van der Waals surface area (Å²) in [6.45, 7) is 0. The molecule has 0 aliphatic heterocycles. The molecule has 6 aromatic heterocycles. The van der Waals surface area contributed by atoms with Crippen molar-refractivity contribution in [3.63, 3.8) is 0 Å². The smallest absolute Gasteiger partial charge is 0.160 e. The fraction of sp³-hybridized carbons (Fsp3) is 0.00885. The van der Waals surface area contributed by atoms with Gasteiger partial charge in [-0.3, -0.25) is 0 Å². The lowest BCUT2D eigenvalue weighted by molar-refractivity contribution is 0.669. The minimum absolute atomic E-state index is 0. The highest BCUT2D eigenvalue weighted by atomic mass is 16.3. The van der Waals surface area contributed by atoms with Gasteiger partial charge in [0.2, 0.25) is 0 Å². The van der Waals surface area contributed by atoms with E-state index in [0.29, 0.717) is 11.6 Å². The summed E-state index contributed by atoms with van der Waals surface area (Å²) in [6, 6.07) is 148. The van der Waals surface area contributed by atoms with Gasteiger partial charge in [-0.2, -0.15) is 0 Å². The molecule has 0 unspecified atom stereocenters. The number of aromatic nitrogens is 6. The molecule has 568 valence electrons. The van der Waals surface area contributed by atoms with Crippen molar-refractivity contribution in [2.45, 2.75) is 7.43 Å². The Labute approximate surface area is 699 Å². The van der Waals surface area contributed by atoms with Crippen LogP contribution in [0.1, 0.15) is 7.43 Å². The van der Waals surface area contributed by atoms with Gasteiger partial charge < -0.3 is 8.83 Å². The van der Waals surface area contributed by atoms with Crippen LogP contribution in [0.3, 0.4) is 0 Å². The zero-order chi connectivity index (χ0) is 79.4. The third kappa shape index (κ3) is 13.8. The summed E-state index contributed by atoms with van der Waals surface area (Å²) in [5.74, 6) is 1.37. The van der Waals surface area contributed by atoms with Crippen molar-refractivity contribution < 1.29 is 8.83 Å². The Balaban J connectivity index is 0.000000149. The molecule has 121 heavy (non-hydrogen) atoms. The van der Waals surface area contributed by atoms with Gasteiger partial charge in [-0.05, 0) is 147 Å². The van der Waals surface area contributed by atoms with Crippen LogP contribution in [-0.4, -0.2) is 29.9 Å². The van der Waals surface area contributed by atoms with Crippen LogP contribution in [0.5, 0.6) is 0 Å². The van der Waals surface area contributed by atoms with Crippen molar-refractivity contribution >= 4 is 87.2 Å². The second-order valence-corrected chi connectivity index (χ2v) is 30.3. The van der Waals surface area contributed by atoms with Crippen LogP contribution < -0.4 is 0 Å². The third-order valence-electron chi connectivity index (χ3n) is 23.0. The van der Waals surface area contributed by atoms with E-state index >= 15 is 0 Å². The Hall–Kier alpha value is -16.2. The van der Waals surface area contributed by atoms with Crippen LogP contribution in [0, 0.1) is 0 Å². The maximum absolute atomic E-state index is 6.55.